The summed E-state index contributed by atoms with van der Waals surface area (Å²) in [6, 6.07) is 7.57. The lowest BCUT2D eigenvalue weighted by molar-refractivity contribution is 0.0636. The zero-order valence-electron chi connectivity index (χ0n) is 9.81. The summed E-state index contributed by atoms with van der Waals surface area (Å²) >= 11 is 0. The van der Waals surface area contributed by atoms with Gasteiger partial charge in [0.1, 0.15) is 5.75 Å². The predicted octanol–water partition coefficient (Wildman–Crippen LogP) is 1.36. The van der Waals surface area contributed by atoms with Gasteiger partial charge in [0, 0.05) is 7.11 Å². The molecule has 1 aromatic carbocycles. The number of hydrogen-bond donors (Lipinski definition) is 1. The number of methoxy groups -OCH3 is 2. The SMILES string of the molecule is COCCOCC(N)c1ccc(OC)cc1. The van der Waals surface area contributed by atoms with E-state index < -0.39 is 0 Å². The molecule has 0 aliphatic rings. The highest BCUT2D eigenvalue weighted by molar-refractivity contribution is 5.28. The minimum absolute atomic E-state index is 0.109. The van der Waals surface area contributed by atoms with Crippen LogP contribution in [0, 0.1) is 0 Å². The lowest BCUT2D eigenvalue weighted by Gasteiger charge is -2.12. The Balaban J connectivity index is 2.37. The molecule has 1 unspecified atom stereocenters. The van der Waals surface area contributed by atoms with Crippen molar-refractivity contribution < 1.29 is 14.2 Å². The van der Waals surface area contributed by atoms with Gasteiger partial charge >= 0.3 is 0 Å². The van der Waals surface area contributed by atoms with Gasteiger partial charge in [0.05, 0.1) is 33.0 Å². The third kappa shape index (κ3) is 4.18. The molecule has 2 N–H and O–H groups in total. The smallest absolute Gasteiger partial charge is 0.118 e. The standard InChI is InChI=1S/C12H19NO3/c1-14-7-8-16-9-12(13)10-3-5-11(15-2)6-4-10/h3-6,12H,7-9,13H2,1-2H3. The van der Waals surface area contributed by atoms with Gasteiger partial charge in [0.2, 0.25) is 0 Å². The quantitative estimate of drug-likeness (QED) is 0.712. The minimum atomic E-state index is -0.109. The van der Waals surface area contributed by atoms with Crippen LogP contribution < -0.4 is 10.5 Å². The second kappa shape index (κ2) is 7.22. The zero-order valence-corrected chi connectivity index (χ0v) is 9.81. The molecule has 0 saturated carbocycles. The topological polar surface area (TPSA) is 53.7 Å². The Morgan fingerprint density at radius 2 is 1.81 bits per heavy atom. The van der Waals surface area contributed by atoms with Crippen LogP contribution in [0.1, 0.15) is 11.6 Å². The first-order valence-electron chi connectivity index (χ1n) is 5.24. The van der Waals surface area contributed by atoms with E-state index in [2.05, 4.69) is 0 Å². The molecule has 0 spiro atoms. The number of benzene rings is 1. The van der Waals surface area contributed by atoms with E-state index in [4.69, 9.17) is 19.9 Å². The van der Waals surface area contributed by atoms with Crippen molar-refractivity contribution in [1.29, 1.82) is 0 Å². The summed E-state index contributed by atoms with van der Waals surface area (Å²) in [7, 11) is 3.29. The largest absolute Gasteiger partial charge is 0.497 e. The summed E-state index contributed by atoms with van der Waals surface area (Å²) in [5, 5.41) is 0. The van der Waals surface area contributed by atoms with Crippen molar-refractivity contribution in [3.8, 4) is 5.75 Å². The minimum Gasteiger partial charge on any atom is -0.497 e. The molecule has 0 aliphatic carbocycles. The van der Waals surface area contributed by atoms with Gasteiger partial charge in [-0.3, -0.25) is 0 Å². The van der Waals surface area contributed by atoms with Gasteiger partial charge in [0.25, 0.3) is 0 Å². The van der Waals surface area contributed by atoms with Crippen LogP contribution in [0.25, 0.3) is 0 Å². The number of hydrogen-bond acceptors (Lipinski definition) is 4. The molecule has 1 atom stereocenters. The second-order valence-electron chi connectivity index (χ2n) is 3.45. The highest BCUT2D eigenvalue weighted by Crippen LogP contribution is 2.16. The van der Waals surface area contributed by atoms with Crippen LogP contribution in [0.4, 0.5) is 0 Å². The van der Waals surface area contributed by atoms with Crippen molar-refractivity contribution in [2.75, 3.05) is 34.0 Å². The lowest BCUT2D eigenvalue weighted by Crippen LogP contribution is -2.18. The summed E-state index contributed by atoms with van der Waals surface area (Å²) in [6.07, 6.45) is 0. The molecule has 0 fully saturated rings. The third-order valence-electron chi connectivity index (χ3n) is 2.27. The average Bonchev–Trinajstić information content (AvgIpc) is 2.34. The fourth-order valence-corrected chi connectivity index (χ4v) is 1.30. The molecule has 0 radical (unpaired) electrons. The van der Waals surface area contributed by atoms with Gasteiger partial charge < -0.3 is 19.9 Å². The molecule has 0 amide bonds. The molecule has 4 heteroatoms. The van der Waals surface area contributed by atoms with Crippen molar-refractivity contribution >= 4 is 0 Å². The van der Waals surface area contributed by atoms with Crippen LogP contribution in [0.2, 0.25) is 0 Å². The molecule has 1 rings (SSSR count). The molecule has 90 valence electrons. The Morgan fingerprint density at radius 3 is 2.38 bits per heavy atom. The molecule has 0 aliphatic heterocycles. The number of ether oxygens (including phenoxy) is 3. The fraction of sp³-hybridized carbons (Fsp3) is 0.500. The maximum Gasteiger partial charge on any atom is 0.118 e. The van der Waals surface area contributed by atoms with E-state index in [1.54, 1.807) is 14.2 Å². The van der Waals surface area contributed by atoms with E-state index >= 15 is 0 Å². The van der Waals surface area contributed by atoms with Gasteiger partial charge in [-0.2, -0.15) is 0 Å². The van der Waals surface area contributed by atoms with Crippen LogP contribution in [0.3, 0.4) is 0 Å². The molecule has 1 aromatic rings. The molecule has 16 heavy (non-hydrogen) atoms. The van der Waals surface area contributed by atoms with E-state index in [9.17, 15) is 0 Å². The predicted molar refractivity (Wildman–Crippen MR) is 62.6 cm³/mol. The van der Waals surface area contributed by atoms with E-state index in [1.807, 2.05) is 24.3 Å². The summed E-state index contributed by atoms with van der Waals surface area (Å²) in [5.74, 6) is 0.830. The molecule has 0 bridgehead atoms. The summed E-state index contributed by atoms with van der Waals surface area (Å²) in [4.78, 5) is 0. The summed E-state index contributed by atoms with van der Waals surface area (Å²) in [5.41, 5.74) is 7.00. The first kappa shape index (κ1) is 13.0. The lowest BCUT2D eigenvalue weighted by atomic mass is 10.1. The van der Waals surface area contributed by atoms with Gasteiger partial charge in [-0.05, 0) is 17.7 Å². The Labute approximate surface area is 96.3 Å². The second-order valence-corrected chi connectivity index (χ2v) is 3.45. The Bertz CT molecular complexity index is 287. The van der Waals surface area contributed by atoms with E-state index in [0.29, 0.717) is 19.8 Å². The van der Waals surface area contributed by atoms with Crippen molar-refractivity contribution in [2.24, 2.45) is 5.73 Å². The van der Waals surface area contributed by atoms with Gasteiger partial charge in [-0.15, -0.1) is 0 Å². The maximum absolute atomic E-state index is 5.96. The van der Waals surface area contributed by atoms with Crippen LogP contribution >= 0.6 is 0 Å². The maximum atomic E-state index is 5.96. The Kier molecular flexibility index (Phi) is 5.85. The van der Waals surface area contributed by atoms with Gasteiger partial charge in [-0.25, -0.2) is 0 Å². The molecular weight excluding hydrogens is 206 g/mol. The van der Waals surface area contributed by atoms with Crippen LogP contribution in [0.5, 0.6) is 5.75 Å². The molecular formula is C12H19NO3. The molecule has 0 heterocycles. The van der Waals surface area contributed by atoms with E-state index in [0.717, 1.165) is 11.3 Å². The van der Waals surface area contributed by atoms with Gasteiger partial charge in [0.15, 0.2) is 0 Å². The first-order chi connectivity index (χ1) is 7.77. The Hall–Kier alpha value is -1.10. The normalized spacial score (nSPS) is 12.4. The van der Waals surface area contributed by atoms with E-state index in [1.165, 1.54) is 0 Å². The monoisotopic (exact) mass is 225 g/mol. The van der Waals surface area contributed by atoms with Crippen molar-refractivity contribution in [3.05, 3.63) is 29.8 Å². The fourth-order valence-electron chi connectivity index (χ4n) is 1.30. The highest BCUT2D eigenvalue weighted by atomic mass is 16.5. The zero-order chi connectivity index (χ0) is 11.8. The number of rotatable bonds is 7. The van der Waals surface area contributed by atoms with Gasteiger partial charge in [-0.1, -0.05) is 12.1 Å². The van der Waals surface area contributed by atoms with Crippen molar-refractivity contribution in [1.82, 2.24) is 0 Å². The van der Waals surface area contributed by atoms with Crippen molar-refractivity contribution in [2.45, 2.75) is 6.04 Å². The Morgan fingerprint density at radius 1 is 1.12 bits per heavy atom. The average molecular weight is 225 g/mol. The third-order valence-corrected chi connectivity index (χ3v) is 2.27. The van der Waals surface area contributed by atoms with Crippen molar-refractivity contribution in [3.63, 3.8) is 0 Å². The highest BCUT2D eigenvalue weighted by Gasteiger charge is 2.05. The van der Waals surface area contributed by atoms with Crippen LogP contribution in [-0.4, -0.2) is 34.0 Å². The summed E-state index contributed by atoms with van der Waals surface area (Å²) in [6.45, 7) is 1.66. The van der Waals surface area contributed by atoms with Crippen LogP contribution in [0.15, 0.2) is 24.3 Å². The van der Waals surface area contributed by atoms with Crippen LogP contribution in [-0.2, 0) is 9.47 Å². The number of nitrogens with two attached hydrogens (primary N) is 1. The molecule has 4 nitrogen and oxygen atoms in total. The summed E-state index contributed by atoms with van der Waals surface area (Å²) < 4.78 is 15.3. The first-order valence-corrected chi connectivity index (χ1v) is 5.24. The van der Waals surface area contributed by atoms with E-state index in [-0.39, 0.29) is 6.04 Å². The molecule has 0 aromatic heterocycles. The molecule has 0 saturated heterocycles.